The van der Waals surface area contributed by atoms with Crippen molar-refractivity contribution in [3.63, 3.8) is 0 Å². The molecule has 3 amide bonds. The van der Waals surface area contributed by atoms with E-state index in [2.05, 4.69) is 15.6 Å². The van der Waals surface area contributed by atoms with Gasteiger partial charge in [0.05, 0.1) is 6.04 Å². The quantitative estimate of drug-likeness (QED) is 0.899. The van der Waals surface area contributed by atoms with Crippen LogP contribution in [0.15, 0.2) is 48.8 Å². The standard InChI is InChI=1S/C19H22N4O2/c1-2-21-18(24)14-7-9-16(10-8-14)22-19(25)23-12-4-6-17(23)15-5-3-11-20-13-15/h3,5,7-11,13,17H,2,4,6,12H2,1H3,(H,21,24)(H,22,25). The SMILES string of the molecule is CCNC(=O)c1ccc(NC(=O)N2CCCC2c2cccnc2)cc1. The topological polar surface area (TPSA) is 74.3 Å². The van der Waals surface area contributed by atoms with Gasteiger partial charge in [0.25, 0.3) is 5.91 Å². The van der Waals surface area contributed by atoms with E-state index in [0.717, 1.165) is 24.9 Å². The number of aromatic nitrogens is 1. The lowest BCUT2D eigenvalue weighted by molar-refractivity contribution is 0.0956. The van der Waals surface area contributed by atoms with E-state index in [1.54, 1.807) is 30.5 Å². The normalized spacial score (nSPS) is 16.5. The van der Waals surface area contributed by atoms with Gasteiger partial charge in [-0.2, -0.15) is 0 Å². The summed E-state index contributed by atoms with van der Waals surface area (Å²) >= 11 is 0. The van der Waals surface area contributed by atoms with Gasteiger partial charge in [-0.25, -0.2) is 4.79 Å². The van der Waals surface area contributed by atoms with Gasteiger partial charge in [-0.05, 0) is 55.7 Å². The molecule has 2 heterocycles. The summed E-state index contributed by atoms with van der Waals surface area (Å²) in [6.07, 6.45) is 5.47. The summed E-state index contributed by atoms with van der Waals surface area (Å²) in [5.74, 6) is -0.114. The molecule has 2 N–H and O–H groups in total. The van der Waals surface area contributed by atoms with Crippen LogP contribution in [0.2, 0.25) is 0 Å². The van der Waals surface area contributed by atoms with Gasteiger partial charge < -0.3 is 15.5 Å². The summed E-state index contributed by atoms with van der Waals surface area (Å²) in [6, 6.07) is 10.7. The molecule has 2 aromatic rings. The molecule has 1 unspecified atom stereocenters. The number of rotatable bonds is 4. The molecule has 1 aromatic carbocycles. The largest absolute Gasteiger partial charge is 0.352 e. The molecule has 1 aromatic heterocycles. The average Bonchev–Trinajstić information content (AvgIpc) is 3.13. The van der Waals surface area contributed by atoms with Crippen LogP contribution in [0.25, 0.3) is 0 Å². The van der Waals surface area contributed by atoms with Crippen molar-refractivity contribution in [1.82, 2.24) is 15.2 Å². The van der Waals surface area contributed by atoms with E-state index < -0.39 is 0 Å². The maximum absolute atomic E-state index is 12.6. The Hall–Kier alpha value is -2.89. The molecule has 1 saturated heterocycles. The highest BCUT2D eigenvalue weighted by molar-refractivity contribution is 5.95. The maximum atomic E-state index is 12.6. The number of carbonyl (C=O) groups is 2. The number of nitrogens with zero attached hydrogens (tertiary/aromatic N) is 2. The lowest BCUT2D eigenvalue weighted by Crippen LogP contribution is -2.34. The van der Waals surface area contributed by atoms with Gasteiger partial charge in [-0.15, -0.1) is 0 Å². The Morgan fingerprint density at radius 3 is 2.72 bits per heavy atom. The third-order valence-corrected chi connectivity index (χ3v) is 4.32. The Balaban J connectivity index is 1.66. The summed E-state index contributed by atoms with van der Waals surface area (Å²) in [5, 5.41) is 5.67. The molecule has 1 aliphatic rings. The molecular formula is C19H22N4O2. The predicted octanol–water partition coefficient (Wildman–Crippen LogP) is 3.20. The van der Waals surface area contributed by atoms with Crippen molar-refractivity contribution < 1.29 is 9.59 Å². The fourth-order valence-corrected chi connectivity index (χ4v) is 3.09. The molecular weight excluding hydrogens is 316 g/mol. The highest BCUT2D eigenvalue weighted by Crippen LogP contribution is 2.31. The molecule has 1 atom stereocenters. The summed E-state index contributed by atoms with van der Waals surface area (Å²) in [5.41, 5.74) is 2.31. The van der Waals surface area contributed by atoms with Crippen molar-refractivity contribution >= 4 is 17.6 Å². The molecule has 6 heteroatoms. The van der Waals surface area contributed by atoms with Crippen molar-refractivity contribution in [2.75, 3.05) is 18.4 Å². The predicted molar refractivity (Wildman–Crippen MR) is 96.4 cm³/mol. The lowest BCUT2D eigenvalue weighted by Gasteiger charge is -2.25. The molecule has 1 aliphatic heterocycles. The number of urea groups is 1. The first-order valence-corrected chi connectivity index (χ1v) is 8.55. The van der Waals surface area contributed by atoms with E-state index in [1.807, 2.05) is 30.2 Å². The van der Waals surface area contributed by atoms with Crippen molar-refractivity contribution in [1.29, 1.82) is 0 Å². The van der Waals surface area contributed by atoms with Crippen LogP contribution in [-0.4, -0.2) is 34.9 Å². The second-order valence-corrected chi connectivity index (χ2v) is 6.00. The van der Waals surface area contributed by atoms with Crippen LogP contribution in [0.3, 0.4) is 0 Å². The molecule has 0 spiro atoms. The zero-order chi connectivity index (χ0) is 17.6. The summed E-state index contributed by atoms with van der Waals surface area (Å²) in [6.45, 7) is 3.19. The molecule has 6 nitrogen and oxygen atoms in total. The number of amides is 3. The van der Waals surface area contributed by atoms with Gasteiger partial charge in [-0.3, -0.25) is 9.78 Å². The van der Waals surface area contributed by atoms with Crippen molar-refractivity contribution in [3.05, 3.63) is 59.9 Å². The number of benzene rings is 1. The number of hydrogen-bond acceptors (Lipinski definition) is 3. The first-order chi connectivity index (χ1) is 12.2. The fourth-order valence-electron chi connectivity index (χ4n) is 3.09. The second kappa shape index (κ2) is 7.79. The first-order valence-electron chi connectivity index (χ1n) is 8.55. The number of pyridine rings is 1. The van der Waals surface area contributed by atoms with Crippen molar-refractivity contribution in [3.8, 4) is 0 Å². The molecule has 1 fully saturated rings. The molecule has 25 heavy (non-hydrogen) atoms. The lowest BCUT2D eigenvalue weighted by atomic mass is 10.1. The van der Waals surface area contributed by atoms with Gasteiger partial charge in [-0.1, -0.05) is 6.07 Å². The van der Waals surface area contributed by atoms with Crippen molar-refractivity contribution in [2.45, 2.75) is 25.8 Å². The van der Waals surface area contributed by atoms with Crippen molar-refractivity contribution in [2.24, 2.45) is 0 Å². The number of nitrogens with one attached hydrogen (secondary N) is 2. The van der Waals surface area contributed by atoms with Gasteiger partial charge in [0.15, 0.2) is 0 Å². The van der Waals surface area contributed by atoms with Crippen LogP contribution >= 0.6 is 0 Å². The highest BCUT2D eigenvalue weighted by atomic mass is 16.2. The summed E-state index contributed by atoms with van der Waals surface area (Å²) in [7, 11) is 0. The van der Waals surface area contributed by atoms with Crippen LogP contribution < -0.4 is 10.6 Å². The monoisotopic (exact) mass is 338 g/mol. The summed E-state index contributed by atoms with van der Waals surface area (Å²) in [4.78, 5) is 30.4. The zero-order valence-corrected chi connectivity index (χ0v) is 14.2. The second-order valence-electron chi connectivity index (χ2n) is 6.00. The molecule has 0 saturated carbocycles. The number of carbonyl (C=O) groups excluding carboxylic acids is 2. The molecule has 0 radical (unpaired) electrons. The van der Waals surface area contributed by atoms with E-state index >= 15 is 0 Å². The minimum Gasteiger partial charge on any atom is -0.352 e. The third-order valence-electron chi connectivity index (χ3n) is 4.32. The van der Waals surface area contributed by atoms with E-state index in [4.69, 9.17) is 0 Å². The third kappa shape index (κ3) is 3.96. The van der Waals surface area contributed by atoms with Crippen LogP contribution in [0.5, 0.6) is 0 Å². The molecule has 130 valence electrons. The maximum Gasteiger partial charge on any atom is 0.322 e. The van der Waals surface area contributed by atoms with Crippen LogP contribution in [0, 0.1) is 0 Å². The van der Waals surface area contributed by atoms with Crippen LogP contribution in [0.4, 0.5) is 10.5 Å². The minimum absolute atomic E-state index is 0.0586. The summed E-state index contributed by atoms with van der Waals surface area (Å²) < 4.78 is 0. The number of anilines is 1. The highest BCUT2D eigenvalue weighted by Gasteiger charge is 2.30. The van der Waals surface area contributed by atoms with Gasteiger partial charge >= 0.3 is 6.03 Å². The average molecular weight is 338 g/mol. The minimum atomic E-state index is -0.128. The Labute approximate surface area is 147 Å². The first kappa shape index (κ1) is 17.0. The van der Waals surface area contributed by atoms with E-state index in [0.29, 0.717) is 17.8 Å². The number of likely N-dealkylation sites (tertiary alicyclic amines) is 1. The molecule has 3 rings (SSSR count). The van der Waals surface area contributed by atoms with Gasteiger partial charge in [0.1, 0.15) is 0 Å². The number of hydrogen-bond donors (Lipinski definition) is 2. The Morgan fingerprint density at radius 1 is 1.24 bits per heavy atom. The van der Waals surface area contributed by atoms with E-state index in [1.165, 1.54) is 0 Å². The Bertz CT molecular complexity index is 731. The smallest absolute Gasteiger partial charge is 0.322 e. The van der Waals surface area contributed by atoms with Crippen LogP contribution in [-0.2, 0) is 0 Å². The fraction of sp³-hybridized carbons (Fsp3) is 0.316. The van der Waals surface area contributed by atoms with Gasteiger partial charge in [0, 0.05) is 36.7 Å². The van der Waals surface area contributed by atoms with Gasteiger partial charge in [0.2, 0.25) is 0 Å². The Morgan fingerprint density at radius 2 is 2.04 bits per heavy atom. The molecule has 0 bridgehead atoms. The van der Waals surface area contributed by atoms with Crippen LogP contribution in [0.1, 0.15) is 41.7 Å². The zero-order valence-electron chi connectivity index (χ0n) is 14.2. The Kier molecular flexibility index (Phi) is 5.28. The van der Waals surface area contributed by atoms with E-state index in [9.17, 15) is 9.59 Å². The molecule has 0 aliphatic carbocycles. The van der Waals surface area contributed by atoms with E-state index in [-0.39, 0.29) is 18.0 Å².